The predicted molar refractivity (Wildman–Crippen MR) is 71.5 cm³/mol. The SMILES string of the molecule is CN(CCS(C)(=O)=O)c1cc(Br)ccc1N. The van der Waals surface area contributed by atoms with E-state index in [-0.39, 0.29) is 5.75 Å². The maximum atomic E-state index is 11.1. The van der Waals surface area contributed by atoms with Gasteiger partial charge in [-0.05, 0) is 18.2 Å². The van der Waals surface area contributed by atoms with E-state index >= 15 is 0 Å². The summed E-state index contributed by atoms with van der Waals surface area (Å²) in [5, 5.41) is 0. The average Bonchev–Trinajstić information content (AvgIpc) is 2.17. The summed E-state index contributed by atoms with van der Waals surface area (Å²) in [6.07, 6.45) is 1.23. The van der Waals surface area contributed by atoms with Gasteiger partial charge in [-0.1, -0.05) is 15.9 Å². The molecule has 0 radical (unpaired) electrons. The van der Waals surface area contributed by atoms with Crippen LogP contribution in [0.15, 0.2) is 22.7 Å². The van der Waals surface area contributed by atoms with Crippen molar-refractivity contribution < 1.29 is 8.42 Å². The molecule has 2 N–H and O–H groups in total. The van der Waals surface area contributed by atoms with E-state index in [0.29, 0.717) is 12.2 Å². The molecule has 4 nitrogen and oxygen atoms in total. The zero-order chi connectivity index (χ0) is 12.3. The number of halogens is 1. The van der Waals surface area contributed by atoms with Crippen LogP contribution in [-0.2, 0) is 9.84 Å². The first-order valence-corrected chi connectivity index (χ1v) is 7.59. The Labute approximate surface area is 104 Å². The fourth-order valence-electron chi connectivity index (χ4n) is 1.27. The maximum Gasteiger partial charge on any atom is 0.149 e. The first-order chi connectivity index (χ1) is 7.29. The molecule has 6 heteroatoms. The number of sulfone groups is 1. The van der Waals surface area contributed by atoms with Crippen LogP contribution in [0, 0.1) is 0 Å². The molecule has 0 aliphatic carbocycles. The molecular formula is C10H15BrN2O2S. The Morgan fingerprint density at radius 1 is 1.44 bits per heavy atom. The lowest BCUT2D eigenvalue weighted by molar-refractivity contribution is 0.601. The van der Waals surface area contributed by atoms with Crippen molar-refractivity contribution in [2.24, 2.45) is 0 Å². The summed E-state index contributed by atoms with van der Waals surface area (Å²) in [5.74, 6) is 0.120. The Morgan fingerprint density at radius 2 is 2.06 bits per heavy atom. The van der Waals surface area contributed by atoms with Crippen molar-refractivity contribution in [3.05, 3.63) is 22.7 Å². The monoisotopic (exact) mass is 306 g/mol. The molecular weight excluding hydrogens is 292 g/mol. The van der Waals surface area contributed by atoms with Crippen LogP contribution in [0.4, 0.5) is 11.4 Å². The fraction of sp³-hybridized carbons (Fsp3) is 0.400. The Bertz CT molecular complexity index is 474. The molecule has 0 unspecified atom stereocenters. The van der Waals surface area contributed by atoms with E-state index in [1.165, 1.54) is 6.26 Å². The van der Waals surface area contributed by atoms with Crippen LogP contribution >= 0.6 is 15.9 Å². The molecule has 0 atom stereocenters. The fourth-order valence-corrected chi connectivity index (χ4v) is 2.23. The number of hydrogen-bond donors (Lipinski definition) is 1. The molecule has 16 heavy (non-hydrogen) atoms. The van der Waals surface area contributed by atoms with E-state index < -0.39 is 9.84 Å². The van der Waals surface area contributed by atoms with Crippen LogP contribution in [0.25, 0.3) is 0 Å². The highest BCUT2D eigenvalue weighted by Crippen LogP contribution is 2.26. The van der Waals surface area contributed by atoms with Gasteiger partial charge in [0.05, 0.1) is 17.1 Å². The number of hydrogen-bond acceptors (Lipinski definition) is 4. The van der Waals surface area contributed by atoms with Gasteiger partial charge in [0.15, 0.2) is 0 Å². The molecule has 0 heterocycles. The third-order valence-corrected chi connectivity index (χ3v) is 3.62. The maximum absolute atomic E-state index is 11.1. The highest BCUT2D eigenvalue weighted by Gasteiger charge is 2.09. The highest BCUT2D eigenvalue weighted by molar-refractivity contribution is 9.10. The van der Waals surface area contributed by atoms with Crippen LogP contribution in [0.2, 0.25) is 0 Å². The lowest BCUT2D eigenvalue weighted by Gasteiger charge is -2.20. The third kappa shape index (κ3) is 4.02. The van der Waals surface area contributed by atoms with E-state index in [2.05, 4.69) is 15.9 Å². The van der Waals surface area contributed by atoms with Crippen molar-refractivity contribution in [1.29, 1.82) is 0 Å². The smallest absolute Gasteiger partial charge is 0.149 e. The van der Waals surface area contributed by atoms with Gasteiger partial charge in [-0.3, -0.25) is 0 Å². The van der Waals surface area contributed by atoms with Crippen molar-refractivity contribution >= 4 is 37.1 Å². The van der Waals surface area contributed by atoms with Crippen molar-refractivity contribution in [3.8, 4) is 0 Å². The molecule has 0 saturated heterocycles. The minimum atomic E-state index is -2.94. The molecule has 1 rings (SSSR count). The van der Waals surface area contributed by atoms with E-state index in [4.69, 9.17) is 5.73 Å². The second-order valence-electron chi connectivity index (χ2n) is 3.75. The van der Waals surface area contributed by atoms with Gasteiger partial charge >= 0.3 is 0 Å². The minimum absolute atomic E-state index is 0.120. The lowest BCUT2D eigenvalue weighted by Crippen LogP contribution is -2.25. The van der Waals surface area contributed by atoms with Gasteiger partial charge in [-0.15, -0.1) is 0 Å². The summed E-state index contributed by atoms with van der Waals surface area (Å²) in [6.45, 7) is 0.430. The molecule has 0 saturated carbocycles. The molecule has 0 bridgehead atoms. The first kappa shape index (κ1) is 13.3. The zero-order valence-corrected chi connectivity index (χ0v) is 11.7. The van der Waals surface area contributed by atoms with Crippen molar-refractivity contribution in [3.63, 3.8) is 0 Å². The number of nitrogens with zero attached hydrogens (tertiary/aromatic N) is 1. The highest BCUT2D eigenvalue weighted by atomic mass is 79.9. The molecule has 90 valence electrons. The molecule has 0 amide bonds. The van der Waals surface area contributed by atoms with E-state index in [0.717, 1.165) is 10.2 Å². The van der Waals surface area contributed by atoms with Crippen molar-refractivity contribution in [2.45, 2.75) is 0 Å². The van der Waals surface area contributed by atoms with Crippen LogP contribution in [0.5, 0.6) is 0 Å². The summed E-state index contributed by atoms with van der Waals surface area (Å²) in [7, 11) is -1.12. The molecule has 0 fully saturated rings. The normalized spacial score (nSPS) is 11.4. The summed E-state index contributed by atoms with van der Waals surface area (Å²) in [5.41, 5.74) is 7.29. The van der Waals surface area contributed by atoms with Crippen LogP contribution in [0.1, 0.15) is 0 Å². The summed E-state index contributed by atoms with van der Waals surface area (Å²) in [6, 6.07) is 5.51. The van der Waals surface area contributed by atoms with Crippen molar-refractivity contribution in [2.75, 3.05) is 36.2 Å². The number of rotatable bonds is 4. The topological polar surface area (TPSA) is 63.4 Å². The Balaban J connectivity index is 2.80. The molecule has 0 aliphatic rings. The van der Waals surface area contributed by atoms with E-state index in [1.807, 2.05) is 24.1 Å². The van der Waals surface area contributed by atoms with Gasteiger partial charge in [0.25, 0.3) is 0 Å². The number of anilines is 2. The molecule has 1 aromatic carbocycles. The largest absolute Gasteiger partial charge is 0.397 e. The summed E-state index contributed by atoms with van der Waals surface area (Å²) >= 11 is 3.35. The van der Waals surface area contributed by atoms with Gasteiger partial charge in [0, 0.05) is 24.3 Å². The quantitative estimate of drug-likeness (QED) is 0.857. The second kappa shape index (κ2) is 5.05. The predicted octanol–water partition coefficient (Wildman–Crippen LogP) is 1.51. The molecule has 0 spiro atoms. The Kier molecular flexibility index (Phi) is 4.21. The molecule has 1 aromatic rings. The minimum Gasteiger partial charge on any atom is -0.397 e. The number of benzene rings is 1. The molecule has 0 aliphatic heterocycles. The lowest BCUT2D eigenvalue weighted by atomic mass is 10.2. The van der Waals surface area contributed by atoms with Gasteiger partial charge in [0.2, 0.25) is 0 Å². The standard InChI is InChI=1S/C10H15BrN2O2S/c1-13(5-6-16(2,14)15)10-7-8(11)3-4-9(10)12/h3-4,7H,5-6,12H2,1-2H3. The second-order valence-corrected chi connectivity index (χ2v) is 6.93. The molecule has 0 aromatic heterocycles. The van der Waals surface area contributed by atoms with Gasteiger partial charge < -0.3 is 10.6 Å². The third-order valence-electron chi connectivity index (χ3n) is 2.20. The van der Waals surface area contributed by atoms with Crippen LogP contribution in [0.3, 0.4) is 0 Å². The van der Waals surface area contributed by atoms with Crippen LogP contribution < -0.4 is 10.6 Å². The number of nitrogens with two attached hydrogens (primary N) is 1. The Hall–Kier alpha value is -0.750. The van der Waals surface area contributed by atoms with Gasteiger partial charge in [-0.25, -0.2) is 8.42 Å². The van der Waals surface area contributed by atoms with Gasteiger partial charge in [-0.2, -0.15) is 0 Å². The van der Waals surface area contributed by atoms with E-state index in [1.54, 1.807) is 6.07 Å². The zero-order valence-electron chi connectivity index (χ0n) is 9.27. The first-order valence-electron chi connectivity index (χ1n) is 4.73. The Morgan fingerprint density at radius 3 is 2.62 bits per heavy atom. The van der Waals surface area contributed by atoms with Crippen LogP contribution in [-0.4, -0.2) is 34.0 Å². The van der Waals surface area contributed by atoms with Gasteiger partial charge in [0.1, 0.15) is 9.84 Å². The van der Waals surface area contributed by atoms with Crippen molar-refractivity contribution in [1.82, 2.24) is 0 Å². The average molecular weight is 307 g/mol. The summed E-state index contributed by atoms with van der Waals surface area (Å²) in [4.78, 5) is 1.83. The number of nitrogen functional groups attached to an aromatic ring is 1. The van der Waals surface area contributed by atoms with E-state index in [9.17, 15) is 8.42 Å². The summed E-state index contributed by atoms with van der Waals surface area (Å²) < 4.78 is 23.0.